The average Bonchev–Trinajstić information content (AvgIpc) is 3.30. The van der Waals surface area contributed by atoms with Gasteiger partial charge in [-0.05, 0) is 33.8 Å². The zero-order chi connectivity index (χ0) is 28.0. The van der Waals surface area contributed by atoms with Crippen LogP contribution in [-0.2, 0) is 20.4 Å². The van der Waals surface area contributed by atoms with Crippen LogP contribution >= 0.6 is 0 Å². The zero-order valence-electron chi connectivity index (χ0n) is 23.2. The van der Waals surface area contributed by atoms with Crippen molar-refractivity contribution < 1.29 is 23.9 Å². The van der Waals surface area contributed by atoms with Gasteiger partial charge in [0.2, 0.25) is 5.91 Å². The van der Waals surface area contributed by atoms with E-state index in [1.165, 1.54) is 4.90 Å². The normalized spacial score (nSPS) is 17.5. The molecule has 3 aromatic carbocycles. The van der Waals surface area contributed by atoms with Gasteiger partial charge in [-0.1, -0.05) is 119 Å². The molecule has 7 heteroatoms. The van der Waals surface area contributed by atoms with Gasteiger partial charge in [0.1, 0.15) is 6.61 Å². The second-order valence-electron chi connectivity index (χ2n) is 11.3. The van der Waals surface area contributed by atoms with Crippen molar-refractivity contribution in [3.63, 3.8) is 0 Å². The maximum Gasteiger partial charge on any atom is 0.416 e. The highest BCUT2D eigenvalue weighted by atomic mass is 28.4. The Morgan fingerprint density at radius 1 is 0.974 bits per heavy atom. The maximum atomic E-state index is 13.4. The number of ether oxygens (including phenoxy) is 1. The monoisotopic (exact) mass is 545 g/mol. The number of carbonyl (C=O) groups is 2. The van der Waals surface area contributed by atoms with Crippen LogP contribution in [0.2, 0.25) is 5.04 Å². The topological polar surface area (TPSA) is 76.1 Å². The number of hydrogen-bond donors (Lipinski definition) is 1. The second-order valence-corrected chi connectivity index (χ2v) is 15.6. The van der Waals surface area contributed by atoms with Gasteiger partial charge in [0.05, 0.1) is 18.1 Å². The molecule has 3 atom stereocenters. The van der Waals surface area contributed by atoms with E-state index in [0.29, 0.717) is 6.42 Å². The molecular formula is C32H39NO5Si. The van der Waals surface area contributed by atoms with Crippen molar-refractivity contribution in [2.45, 2.75) is 57.7 Å². The summed E-state index contributed by atoms with van der Waals surface area (Å²) in [6, 6.07) is 30.0. The van der Waals surface area contributed by atoms with Gasteiger partial charge in [0.15, 0.2) is 0 Å². The van der Waals surface area contributed by atoms with Crippen molar-refractivity contribution in [1.29, 1.82) is 0 Å². The number of carbonyl (C=O) groups excluding carboxylic acids is 2. The van der Waals surface area contributed by atoms with Gasteiger partial charge in [-0.15, -0.1) is 0 Å². The third-order valence-corrected chi connectivity index (χ3v) is 12.7. The lowest BCUT2D eigenvalue weighted by Crippen LogP contribution is -2.66. The molecule has 1 N–H and O–H groups in total. The Morgan fingerprint density at radius 2 is 1.49 bits per heavy atom. The number of aliphatic hydroxyl groups excluding tert-OH is 1. The molecule has 1 saturated heterocycles. The van der Waals surface area contributed by atoms with Crippen LogP contribution < -0.4 is 10.4 Å². The van der Waals surface area contributed by atoms with Crippen LogP contribution in [-0.4, -0.2) is 55.7 Å². The first-order valence-electron chi connectivity index (χ1n) is 13.6. The number of nitrogens with zero attached hydrogens (tertiary/aromatic N) is 1. The van der Waals surface area contributed by atoms with Crippen LogP contribution in [0.25, 0.3) is 0 Å². The molecule has 2 amide bonds. The lowest BCUT2D eigenvalue weighted by atomic mass is 9.99. The van der Waals surface area contributed by atoms with Crippen molar-refractivity contribution in [2.24, 2.45) is 5.92 Å². The van der Waals surface area contributed by atoms with Gasteiger partial charge in [-0.2, -0.15) is 0 Å². The van der Waals surface area contributed by atoms with E-state index < -0.39 is 38.4 Å². The predicted octanol–water partition coefficient (Wildman–Crippen LogP) is 4.54. The van der Waals surface area contributed by atoms with Gasteiger partial charge in [-0.25, -0.2) is 9.69 Å². The third-order valence-electron chi connectivity index (χ3n) is 7.63. The molecule has 1 heterocycles. The van der Waals surface area contributed by atoms with E-state index in [0.717, 1.165) is 15.9 Å². The van der Waals surface area contributed by atoms with Gasteiger partial charge in [-0.3, -0.25) is 4.79 Å². The van der Waals surface area contributed by atoms with Crippen LogP contribution in [0, 0.1) is 5.92 Å². The quantitative estimate of drug-likeness (QED) is 0.379. The summed E-state index contributed by atoms with van der Waals surface area (Å²) < 4.78 is 12.1. The molecule has 4 rings (SSSR count). The van der Waals surface area contributed by atoms with E-state index in [1.807, 2.05) is 66.7 Å². The number of amides is 2. The summed E-state index contributed by atoms with van der Waals surface area (Å²) in [6.45, 7) is 8.71. The minimum atomic E-state index is -2.75. The van der Waals surface area contributed by atoms with E-state index in [9.17, 15) is 14.7 Å². The minimum Gasteiger partial charge on any atom is -0.447 e. The Morgan fingerprint density at radius 3 is 2.00 bits per heavy atom. The molecule has 0 spiro atoms. The molecular weight excluding hydrogens is 506 g/mol. The van der Waals surface area contributed by atoms with Crippen LogP contribution in [0.4, 0.5) is 4.79 Å². The number of cyclic esters (lactones) is 1. The van der Waals surface area contributed by atoms with Crippen LogP contribution in [0.1, 0.15) is 39.7 Å². The summed E-state index contributed by atoms with van der Waals surface area (Å²) in [6.07, 6.45) is -0.841. The molecule has 0 saturated carbocycles. The number of benzene rings is 3. The fourth-order valence-corrected chi connectivity index (χ4v) is 10.1. The summed E-state index contributed by atoms with van der Waals surface area (Å²) >= 11 is 0. The highest BCUT2D eigenvalue weighted by Crippen LogP contribution is 2.37. The Labute approximate surface area is 232 Å². The van der Waals surface area contributed by atoms with Crippen molar-refractivity contribution in [2.75, 3.05) is 13.2 Å². The van der Waals surface area contributed by atoms with Crippen LogP contribution in [0.5, 0.6) is 0 Å². The molecule has 39 heavy (non-hydrogen) atoms. The fourth-order valence-electron chi connectivity index (χ4n) is 5.50. The summed E-state index contributed by atoms with van der Waals surface area (Å²) in [5.41, 5.74) is 1.02. The predicted molar refractivity (Wildman–Crippen MR) is 155 cm³/mol. The Balaban J connectivity index is 1.48. The van der Waals surface area contributed by atoms with Crippen molar-refractivity contribution in [3.8, 4) is 0 Å². The average molecular weight is 546 g/mol. The summed E-state index contributed by atoms with van der Waals surface area (Å²) in [5, 5.41) is 13.2. The van der Waals surface area contributed by atoms with E-state index in [4.69, 9.17) is 9.16 Å². The van der Waals surface area contributed by atoms with Gasteiger partial charge in [0.25, 0.3) is 8.32 Å². The number of rotatable bonds is 10. The fraction of sp³-hybridized carbons (Fsp3) is 0.375. The number of hydrogen-bond acceptors (Lipinski definition) is 5. The number of imide groups is 1. The van der Waals surface area contributed by atoms with Crippen molar-refractivity contribution in [1.82, 2.24) is 4.90 Å². The van der Waals surface area contributed by atoms with E-state index in [-0.39, 0.29) is 24.7 Å². The maximum absolute atomic E-state index is 13.4. The van der Waals surface area contributed by atoms with Gasteiger partial charge in [0, 0.05) is 6.61 Å². The molecule has 206 valence electrons. The SMILES string of the molecule is C[C@@H](C(=O)N1C(=O)OC[C@H]1Cc1ccccc1)[C@@H](O)CCO[Si](c1ccccc1)(c1ccccc1)C(C)(C)C. The molecule has 3 aromatic rings. The summed E-state index contributed by atoms with van der Waals surface area (Å²) in [4.78, 5) is 27.1. The summed E-state index contributed by atoms with van der Waals surface area (Å²) in [7, 11) is -2.75. The standard InChI is InChI=1S/C32H39NO5Si/c1-24(30(35)33-26(23-37-31(33)36)22-25-14-8-5-9-15-25)29(34)20-21-38-39(32(2,3)4,27-16-10-6-11-17-27)28-18-12-7-13-19-28/h5-19,24,26,29,34H,20-23H2,1-4H3/t24-,26-,29+/m1/s1. The molecule has 1 fully saturated rings. The highest BCUT2D eigenvalue weighted by Gasteiger charge is 2.50. The molecule has 0 bridgehead atoms. The lowest BCUT2D eigenvalue weighted by Gasteiger charge is -2.43. The van der Waals surface area contributed by atoms with Crippen LogP contribution in [0.3, 0.4) is 0 Å². The minimum absolute atomic E-state index is 0.152. The molecule has 1 aliphatic heterocycles. The van der Waals surface area contributed by atoms with Crippen molar-refractivity contribution >= 4 is 30.7 Å². The van der Waals surface area contributed by atoms with Crippen molar-refractivity contribution in [3.05, 3.63) is 96.6 Å². The first-order chi connectivity index (χ1) is 18.6. The summed E-state index contributed by atoms with van der Waals surface area (Å²) in [5.74, 6) is -1.20. The molecule has 6 nitrogen and oxygen atoms in total. The molecule has 0 unspecified atom stereocenters. The Hall–Kier alpha value is -3.26. The highest BCUT2D eigenvalue weighted by molar-refractivity contribution is 6.99. The first kappa shape index (κ1) is 28.7. The van der Waals surface area contributed by atoms with Gasteiger partial charge < -0.3 is 14.3 Å². The Kier molecular flexibility index (Phi) is 9.05. The van der Waals surface area contributed by atoms with Gasteiger partial charge >= 0.3 is 6.09 Å². The zero-order valence-corrected chi connectivity index (χ0v) is 24.2. The van der Waals surface area contributed by atoms with E-state index in [2.05, 4.69) is 45.0 Å². The molecule has 0 aromatic heterocycles. The Bertz CT molecular complexity index is 1190. The number of aliphatic hydroxyl groups is 1. The molecule has 1 aliphatic rings. The van der Waals surface area contributed by atoms with Crippen LogP contribution in [0.15, 0.2) is 91.0 Å². The molecule has 0 radical (unpaired) electrons. The second kappa shape index (κ2) is 12.3. The first-order valence-corrected chi connectivity index (χ1v) is 15.5. The lowest BCUT2D eigenvalue weighted by molar-refractivity contribution is -0.136. The van der Waals surface area contributed by atoms with E-state index in [1.54, 1.807) is 6.92 Å². The largest absolute Gasteiger partial charge is 0.447 e. The smallest absolute Gasteiger partial charge is 0.416 e. The van der Waals surface area contributed by atoms with E-state index >= 15 is 0 Å². The molecule has 0 aliphatic carbocycles. The third kappa shape index (κ3) is 6.16.